The van der Waals surface area contributed by atoms with E-state index in [1.165, 1.54) is 12.1 Å². The lowest BCUT2D eigenvalue weighted by atomic mass is 10.2. The van der Waals surface area contributed by atoms with Crippen LogP contribution < -0.4 is 0 Å². The second-order valence-electron chi connectivity index (χ2n) is 2.93. The molecular weight excluding hydrogens is 265 g/mol. The summed E-state index contributed by atoms with van der Waals surface area (Å²) in [6.45, 7) is 0. The fraction of sp³-hybridized carbons (Fsp3) is 0. The number of aromatic carboxylic acids is 1. The summed E-state index contributed by atoms with van der Waals surface area (Å²) in [6.07, 6.45) is 0. The lowest BCUT2D eigenvalue weighted by Crippen LogP contribution is -2.00. The summed E-state index contributed by atoms with van der Waals surface area (Å²) in [5.74, 6) is -1.59. The summed E-state index contributed by atoms with van der Waals surface area (Å²) < 4.78 is 13.3. The van der Waals surface area contributed by atoms with Crippen LogP contribution >= 0.6 is 15.9 Å². The third-order valence-electron chi connectivity index (χ3n) is 1.97. The fourth-order valence-corrected chi connectivity index (χ4v) is 1.70. The molecule has 0 bridgehead atoms. The second kappa shape index (κ2) is 3.58. The minimum atomic E-state index is -1.13. The molecule has 15 heavy (non-hydrogen) atoms. The molecule has 1 N–H and O–H groups in total. The third kappa shape index (κ3) is 1.70. The molecule has 2 rings (SSSR count). The van der Waals surface area contributed by atoms with Gasteiger partial charge < -0.3 is 5.11 Å². The first-order chi connectivity index (χ1) is 7.09. The molecular formula is C10H5BrFNO2. The monoisotopic (exact) mass is 269 g/mol. The van der Waals surface area contributed by atoms with Crippen molar-refractivity contribution in [1.82, 2.24) is 4.98 Å². The molecule has 0 radical (unpaired) electrons. The van der Waals surface area contributed by atoms with Crippen molar-refractivity contribution in [3.8, 4) is 0 Å². The van der Waals surface area contributed by atoms with Crippen LogP contribution in [0.1, 0.15) is 10.5 Å². The molecule has 1 heterocycles. The van der Waals surface area contributed by atoms with E-state index in [4.69, 9.17) is 5.11 Å². The molecule has 1 aromatic carbocycles. The van der Waals surface area contributed by atoms with E-state index >= 15 is 0 Å². The number of benzene rings is 1. The van der Waals surface area contributed by atoms with Crippen LogP contribution in [0.25, 0.3) is 10.9 Å². The summed E-state index contributed by atoms with van der Waals surface area (Å²) in [7, 11) is 0. The van der Waals surface area contributed by atoms with Gasteiger partial charge in [-0.1, -0.05) is 6.07 Å². The highest BCUT2D eigenvalue weighted by atomic mass is 79.9. The number of carboxylic acid groups (broad SMARTS) is 1. The van der Waals surface area contributed by atoms with Gasteiger partial charge >= 0.3 is 5.97 Å². The zero-order valence-electron chi connectivity index (χ0n) is 7.37. The average molecular weight is 270 g/mol. The number of fused-ring (bicyclic) bond motifs is 1. The maximum Gasteiger partial charge on any atom is 0.354 e. The Kier molecular flexibility index (Phi) is 2.40. The molecule has 0 saturated heterocycles. The number of carboxylic acids is 1. The topological polar surface area (TPSA) is 50.2 Å². The highest BCUT2D eigenvalue weighted by Crippen LogP contribution is 2.25. The average Bonchev–Trinajstić information content (AvgIpc) is 2.23. The molecule has 0 aliphatic carbocycles. The van der Waals surface area contributed by atoms with E-state index < -0.39 is 11.8 Å². The second-order valence-corrected chi connectivity index (χ2v) is 3.73. The maximum absolute atomic E-state index is 13.1. The van der Waals surface area contributed by atoms with Crippen molar-refractivity contribution in [2.75, 3.05) is 0 Å². The summed E-state index contributed by atoms with van der Waals surface area (Å²) >= 11 is 3.03. The van der Waals surface area contributed by atoms with E-state index in [1.54, 1.807) is 12.1 Å². The van der Waals surface area contributed by atoms with Crippen molar-refractivity contribution in [2.24, 2.45) is 0 Å². The Bertz CT molecular complexity index is 556. The number of hydrogen-bond donors (Lipinski definition) is 1. The molecule has 0 aliphatic heterocycles. The Morgan fingerprint density at radius 1 is 1.33 bits per heavy atom. The Morgan fingerprint density at radius 2 is 2.00 bits per heavy atom. The first-order valence-electron chi connectivity index (χ1n) is 4.07. The van der Waals surface area contributed by atoms with Crippen molar-refractivity contribution >= 4 is 32.8 Å². The highest BCUT2D eigenvalue weighted by Gasteiger charge is 2.09. The Labute approximate surface area is 92.7 Å². The number of carbonyl (C=O) groups is 1. The molecule has 0 unspecified atom stereocenters. The van der Waals surface area contributed by atoms with Crippen molar-refractivity contribution in [1.29, 1.82) is 0 Å². The molecule has 5 heteroatoms. The van der Waals surface area contributed by atoms with Crippen LogP contribution in [0, 0.1) is 5.82 Å². The number of aromatic nitrogens is 1. The zero-order chi connectivity index (χ0) is 11.0. The van der Waals surface area contributed by atoms with Crippen LogP contribution in [0.3, 0.4) is 0 Å². The van der Waals surface area contributed by atoms with Crippen LogP contribution in [-0.2, 0) is 0 Å². The molecule has 0 atom stereocenters. The van der Waals surface area contributed by atoms with Gasteiger partial charge in [0.25, 0.3) is 0 Å². The van der Waals surface area contributed by atoms with E-state index in [0.717, 1.165) is 0 Å². The summed E-state index contributed by atoms with van der Waals surface area (Å²) in [6, 6.07) is 5.83. The van der Waals surface area contributed by atoms with Crippen LogP contribution in [-0.4, -0.2) is 16.1 Å². The van der Waals surface area contributed by atoms with Crippen molar-refractivity contribution in [3.05, 3.63) is 40.2 Å². The lowest BCUT2D eigenvalue weighted by Gasteiger charge is -2.02. The zero-order valence-corrected chi connectivity index (χ0v) is 8.95. The largest absolute Gasteiger partial charge is 0.477 e. The van der Waals surface area contributed by atoms with Crippen LogP contribution in [0.5, 0.6) is 0 Å². The maximum atomic E-state index is 13.1. The number of pyridine rings is 1. The minimum absolute atomic E-state index is 0.103. The van der Waals surface area contributed by atoms with Crippen molar-refractivity contribution in [3.63, 3.8) is 0 Å². The molecule has 76 valence electrons. The van der Waals surface area contributed by atoms with Crippen LogP contribution in [0.2, 0.25) is 0 Å². The Balaban J connectivity index is 2.79. The van der Waals surface area contributed by atoms with Crippen LogP contribution in [0.15, 0.2) is 28.7 Å². The smallest absolute Gasteiger partial charge is 0.354 e. The summed E-state index contributed by atoms with van der Waals surface area (Å²) in [4.78, 5) is 14.5. The third-order valence-corrected chi connectivity index (χ3v) is 2.73. The quantitative estimate of drug-likeness (QED) is 0.866. The molecule has 0 saturated carbocycles. The molecule has 0 spiro atoms. The SMILES string of the molecule is O=C(O)c1ccc2ccc(F)c(Br)c2n1. The molecule has 2 aromatic rings. The van der Waals surface area contributed by atoms with E-state index in [0.29, 0.717) is 10.9 Å². The Morgan fingerprint density at radius 3 is 2.67 bits per heavy atom. The number of nitrogens with zero attached hydrogens (tertiary/aromatic N) is 1. The van der Waals surface area contributed by atoms with Gasteiger partial charge in [-0.05, 0) is 34.1 Å². The molecule has 0 amide bonds. The predicted molar refractivity (Wildman–Crippen MR) is 56.4 cm³/mol. The number of halogens is 2. The van der Waals surface area contributed by atoms with Crippen molar-refractivity contribution in [2.45, 2.75) is 0 Å². The van der Waals surface area contributed by atoms with Crippen molar-refractivity contribution < 1.29 is 14.3 Å². The van der Waals surface area contributed by atoms with Gasteiger partial charge in [0.15, 0.2) is 0 Å². The van der Waals surface area contributed by atoms with E-state index in [-0.39, 0.29) is 10.2 Å². The minimum Gasteiger partial charge on any atom is -0.477 e. The first kappa shape index (κ1) is 10.0. The number of hydrogen-bond acceptors (Lipinski definition) is 2. The predicted octanol–water partition coefficient (Wildman–Crippen LogP) is 2.83. The van der Waals surface area contributed by atoms with Gasteiger partial charge in [0.05, 0.1) is 9.99 Å². The highest BCUT2D eigenvalue weighted by molar-refractivity contribution is 9.10. The van der Waals surface area contributed by atoms with Gasteiger partial charge in [-0.15, -0.1) is 0 Å². The van der Waals surface area contributed by atoms with E-state index in [2.05, 4.69) is 20.9 Å². The standard InChI is InChI=1S/C10H5BrFNO2/c11-8-6(12)3-1-5-2-4-7(10(14)15)13-9(5)8/h1-4H,(H,14,15). The van der Waals surface area contributed by atoms with Gasteiger partial charge in [0.2, 0.25) is 0 Å². The number of rotatable bonds is 1. The molecule has 1 aromatic heterocycles. The summed E-state index contributed by atoms with van der Waals surface area (Å²) in [5.41, 5.74) is 0.212. The van der Waals surface area contributed by atoms with E-state index in [1.807, 2.05) is 0 Å². The fourth-order valence-electron chi connectivity index (χ4n) is 1.25. The van der Waals surface area contributed by atoms with Gasteiger partial charge in [-0.3, -0.25) is 0 Å². The van der Waals surface area contributed by atoms with Gasteiger partial charge in [0.1, 0.15) is 11.5 Å². The first-order valence-corrected chi connectivity index (χ1v) is 4.87. The summed E-state index contributed by atoms with van der Waals surface area (Å²) in [5, 5.41) is 9.42. The van der Waals surface area contributed by atoms with Gasteiger partial charge in [-0.2, -0.15) is 0 Å². The van der Waals surface area contributed by atoms with Gasteiger partial charge in [0, 0.05) is 5.39 Å². The normalized spacial score (nSPS) is 10.5. The lowest BCUT2D eigenvalue weighted by molar-refractivity contribution is 0.0691. The molecule has 3 nitrogen and oxygen atoms in total. The van der Waals surface area contributed by atoms with Gasteiger partial charge in [-0.25, -0.2) is 14.2 Å². The van der Waals surface area contributed by atoms with Crippen LogP contribution in [0.4, 0.5) is 4.39 Å². The molecule has 0 fully saturated rings. The Hall–Kier alpha value is -1.49. The van der Waals surface area contributed by atoms with E-state index in [9.17, 15) is 9.18 Å². The molecule has 0 aliphatic rings.